The first-order valence-corrected chi connectivity index (χ1v) is 13.1. The van der Waals surface area contributed by atoms with E-state index in [1.165, 1.54) is 18.8 Å². The van der Waals surface area contributed by atoms with Gasteiger partial charge in [0, 0.05) is 36.7 Å². The number of fused-ring (bicyclic) bond motifs is 1. The third kappa shape index (κ3) is 7.68. The van der Waals surface area contributed by atoms with Crippen molar-refractivity contribution in [2.45, 2.75) is 26.2 Å². The fourth-order valence-electron chi connectivity index (χ4n) is 4.40. The van der Waals surface area contributed by atoms with Crippen molar-refractivity contribution in [2.75, 3.05) is 50.5 Å². The highest BCUT2D eigenvalue weighted by Crippen LogP contribution is 2.22. The molecule has 0 aliphatic carbocycles. The number of rotatable bonds is 10. The van der Waals surface area contributed by atoms with Crippen molar-refractivity contribution in [3.63, 3.8) is 0 Å². The van der Waals surface area contributed by atoms with Crippen LogP contribution in [0, 0.1) is 6.92 Å². The molecule has 3 aromatic rings. The molecule has 0 saturated carbocycles. The van der Waals surface area contributed by atoms with Crippen LogP contribution in [-0.4, -0.2) is 72.8 Å². The lowest BCUT2D eigenvalue weighted by atomic mass is 10.0. The fourth-order valence-corrected chi connectivity index (χ4v) is 4.40. The summed E-state index contributed by atoms with van der Waals surface area (Å²) in [6.07, 6.45) is 9.76. The predicted octanol–water partition coefficient (Wildman–Crippen LogP) is 3.63. The van der Waals surface area contributed by atoms with E-state index in [1.807, 2.05) is 25.1 Å². The summed E-state index contributed by atoms with van der Waals surface area (Å²) in [7, 11) is 1.63. The minimum absolute atomic E-state index is 0.0885. The Hall–Kier alpha value is -4.15. The van der Waals surface area contributed by atoms with Crippen LogP contribution in [0.2, 0.25) is 0 Å². The normalized spacial score (nSPS) is 14.6. The number of anilines is 2. The number of allylic oxidation sites excluding steroid dienone is 1. The van der Waals surface area contributed by atoms with E-state index in [4.69, 9.17) is 10.5 Å². The minimum atomic E-state index is -0.332. The quantitative estimate of drug-likeness (QED) is 0.270. The minimum Gasteiger partial charge on any atom is -0.404 e. The molecule has 0 unspecified atom stereocenters. The predicted molar refractivity (Wildman–Crippen MR) is 155 cm³/mol. The maximum atomic E-state index is 13.1. The third-order valence-corrected chi connectivity index (χ3v) is 6.55. The van der Waals surface area contributed by atoms with Gasteiger partial charge in [0.15, 0.2) is 0 Å². The summed E-state index contributed by atoms with van der Waals surface area (Å²) < 4.78 is 5.02. The van der Waals surface area contributed by atoms with E-state index in [9.17, 15) is 9.59 Å². The van der Waals surface area contributed by atoms with Crippen LogP contribution < -0.4 is 16.4 Å². The lowest BCUT2D eigenvalue weighted by molar-refractivity contribution is -0.117. The summed E-state index contributed by atoms with van der Waals surface area (Å²) in [5, 5.41) is 6.59. The molecule has 2 aromatic heterocycles. The first-order valence-electron chi connectivity index (χ1n) is 13.1. The molecular weight excluding hydrogens is 494 g/mol. The molecule has 4 N–H and O–H groups in total. The number of carbonyl (C=O) groups excluding carboxylic acids is 2. The molecule has 0 spiro atoms. The number of amides is 2. The third-order valence-electron chi connectivity index (χ3n) is 6.55. The van der Waals surface area contributed by atoms with Crippen molar-refractivity contribution in [3.05, 3.63) is 65.7 Å². The first kappa shape index (κ1) is 27.9. The summed E-state index contributed by atoms with van der Waals surface area (Å²) >= 11 is 0. The second-order valence-electron chi connectivity index (χ2n) is 9.48. The van der Waals surface area contributed by atoms with Crippen molar-refractivity contribution in [1.82, 2.24) is 14.9 Å². The van der Waals surface area contributed by atoms with E-state index in [-0.39, 0.29) is 11.8 Å². The standard InChI is InChI=1S/C29H35N7O3/c1-20-27(35-28(37)19-36-9-4-3-5-10-36)14-25(18-32-20)34-29(38)23-13-22-12-21(6-7-26(22)33-17-23)24(15-30)16-31-8-11-39-2/h6-7,12-18H,3-5,8-11,19,30H2,1-2H3,(H,34,38)(H,35,37)/b24-15+,31-16?. The van der Waals surface area contributed by atoms with Gasteiger partial charge >= 0.3 is 0 Å². The molecule has 0 bridgehead atoms. The highest BCUT2D eigenvalue weighted by Gasteiger charge is 2.16. The van der Waals surface area contributed by atoms with Gasteiger partial charge in [-0.3, -0.25) is 29.4 Å². The lowest BCUT2D eigenvalue weighted by Gasteiger charge is -2.25. The van der Waals surface area contributed by atoms with Gasteiger partial charge in [0.05, 0.1) is 54.0 Å². The van der Waals surface area contributed by atoms with Crippen molar-refractivity contribution in [2.24, 2.45) is 10.7 Å². The second kappa shape index (κ2) is 13.6. The zero-order valence-electron chi connectivity index (χ0n) is 22.4. The number of aliphatic imine (C=N–C) groups is 1. The number of aromatic nitrogens is 2. The first-order chi connectivity index (χ1) is 19.0. The molecule has 4 rings (SSSR count). The maximum Gasteiger partial charge on any atom is 0.257 e. The molecule has 1 fully saturated rings. The topological polar surface area (TPSA) is 135 Å². The van der Waals surface area contributed by atoms with Crippen LogP contribution in [0.15, 0.2) is 53.9 Å². The van der Waals surface area contributed by atoms with Crippen molar-refractivity contribution < 1.29 is 14.3 Å². The van der Waals surface area contributed by atoms with E-state index in [1.54, 1.807) is 31.7 Å². The highest BCUT2D eigenvalue weighted by atomic mass is 16.5. The molecule has 3 heterocycles. The van der Waals surface area contributed by atoms with Gasteiger partial charge in [-0.15, -0.1) is 0 Å². The molecule has 1 aliphatic rings. The van der Waals surface area contributed by atoms with E-state index in [2.05, 4.69) is 30.5 Å². The van der Waals surface area contributed by atoms with Gasteiger partial charge in [0.1, 0.15) is 0 Å². The van der Waals surface area contributed by atoms with Gasteiger partial charge in [-0.25, -0.2) is 0 Å². The molecule has 0 atom stereocenters. The van der Waals surface area contributed by atoms with E-state index in [0.717, 1.165) is 48.0 Å². The number of piperidine rings is 1. The fraction of sp³-hybridized carbons (Fsp3) is 0.345. The molecule has 10 heteroatoms. The maximum absolute atomic E-state index is 13.1. The SMILES string of the molecule is COCCN=C/C(=C\N)c1ccc2ncc(C(=O)Nc3cnc(C)c(NC(=O)CN4CCCCC4)c3)cc2c1. The van der Waals surface area contributed by atoms with Crippen molar-refractivity contribution in [1.29, 1.82) is 0 Å². The zero-order chi connectivity index (χ0) is 27.6. The van der Waals surface area contributed by atoms with Crippen LogP contribution in [0.3, 0.4) is 0 Å². The monoisotopic (exact) mass is 529 g/mol. The number of benzene rings is 1. The number of pyridine rings is 2. The second-order valence-corrected chi connectivity index (χ2v) is 9.48. The summed E-state index contributed by atoms with van der Waals surface area (Å²) in [5.41, 5.74) is 10.3. The number of nitrogens with two attached hydrogens (primary N) is 1. The van der Waals surface area contributed by atoms with Crippen LogP contribution in [-0.2, 0) is 9.53 Å². The molecular formula is C29H35N7O3. The molecule has 10 nitrogen and oxygen atoms in total. The number of hydrogen-bond donors (Lipinski definition) is 3. The Labute approximate surface area is 228 Å². The Morgan fingerprint density at radius 1 is 1.08 bits per heavy atom. The van der Waals surface area contributed by atoms with Crippen molar-refractivity contribution in [3.8, 4) is 0 Å². The number of nitrogens with one attached hydrogen (secondary N) is 2. The number of methoxy groups -OCH3 is 1. The zero-order valence-corrected chi connectivity index (χ0v) is 22.4. The molecule has 2 amide bonds. The molecule has 204 valence electrons. The Bertz CT molecular complexity index is 1380. The number of ether oxygens (including phenoxy) is 1. The number of nitrogens with zero attached hydrogens (tertiary/aromatic N) is 4. The van der Waals surface area contributed by atoms with E-state index >= 15 is 0 Å². The number of carbonyl (C=O) groups is 2. The smallest absolute Gasteiger partial charge is 0.257 e. The molecule has 39 heavy (non-hydrogen) atoms. The Morgan fingerprint density at radius 3 is 2.64 bits per heavy atom. The van der Waals surface area contributed by atoms with Crippen LogP contribution in [0.5, 0.6) is 0 Å². The largest absolute Gasteiger partial charge is 0.404 e. The Balaban J connectivity index is 1.46. The molecule has 1 aromatic carbocycles. The van der Waals surface area contributed by atoms with Gasteiger partial charge in [0.2, 0.25) is 5.91 Å². The number of likely N-dealkylation sites (tertiary alicyclic amines) is 1. The van der Waals surface area contributed by atoms with Crippen LogP contribution in [0.4, 0.5) is 11.4 Å². The lowest BCUT2D eigenvalue weighted by Crippen LogP contribution is -2.37. The summed E-state index contributed by atoms with van der Waals surface area (Å²) in [6, 6.07) is 9.21. The van der Waals surface area contributed by atoms with Gasteiger partial charge in [-0.05, 0) is 62.7 Å². The molecule has 1 aliphatic heterocycles. The highest BCUT2D eigenvalue weighted by molar-refractivity contribution is 6.11. The van der Waals surface area contributed by atoms with E-state index in [0.29, 0.717) is 42.3 Å². The van der Waals surface area contributed by atoms with Crippen LogP contribution >= 0.6 is 0 Å². The molecule has 1 saturated heterocycles. The Morgan fingerprint density at radius 2 is 1.87 bits per heavy atom. The van der Waals surface area contributed by atoms with E-state index < -0.39 is 0 Å². The van der Waals surface area contributed by atoms with Crippen molar-refractivity contribution >= 4 is 45.9 Å². The number of aryl methyl sites for hydroxylation is 1. The average Bonchev–Trinajstić information content (AvgIpc) is 2.95. The molecule has 0 radical (unpaired) electrons. The van der Waals surface area contributed by atoms with Gasteiger partial charge in [-0.2, -0.15) is 0 Å². The van der Waals surface area contributed by atoms with Gasteiger partial charge in [-0.1, -0.05) is 12.5 Å². The average molecular weight is 530 g/mol. The van der Waals surface area contributed by atoms with Crippen LogP contribution in [0.1, 0.15) is 40.9 Å². The summed E-state index contributed by atoms with van der Waals surface area (Å²) in [6.45, 7) is 5.10. The summed E-state index contributed by atoms with van der Waals surface area (Å²) in [4.78, 5) is 41.0. The van der Waals surface area contributed by atoms with Crippen LogP contribution in [0.25, 0.3) is 16.5 Å². The Kier molecular flexibility index (Phi) is 9.71. The van der Waals surface area contributed by atoms with Gasteiger partial charge < -0.3 is 21.1 Å². The number of hydrogen-bond acceptors (Lipinski definition) is 8. The van der Waals surface area contributed by atoms with Gasteiger partial charge in [0.25, 0.3) is 5.91 Å². The summed E-state index contributed by atoms with van der Waals surface area (Å²) in [5.74, 6) is -0.420.